The van der Waals surface area contributed by atoms with Crippen LogP contribution in [0.25, 0.3) is 27.8 Å². The maximum atomic E-state index is 12.1. The molecule has 2 fully saturated rings. The molecule has 4 aromatic rings. The van der Waals surface area contributed by atoms with E-state index >= 15 is 0 Å². The van der Waals surface area contributed by atoms with E-state index in [2.05, 4.69) is 33.7 Å². The molecular weight excluding hydrogens is 579 g/mol. The van der Waals surface area contributed by atoms with Crippen molar-refractivity contribution < 1.29 is 14.3 Å². The number of hydrogen-bond donors (Lipinski definition) is 1. The zero-order chi connectivity index (χ0) is 29.7. The fourth-order valence-electron chi connectivity index (χ4n) is 6.18. The number of ether oxygens (including phenoxy) is 2. The minimum absolute atomic E-state index is 0.0142. The number of hydrogen-bond acceptors (Lipinski definition) is 9. The summed E-state index contributed by atoms with van der Waals surface area (Å²) in [7, 11) is 4.85. The quantitative estimate of drug-likeness (QED) is 0.290. The Hall–Kier alpha value is -3.67. The van der Waals surface area contributed by atoms with Crippen LogP contribution >= 0.6 is 23.2 Å². The van der Waals surface area contributed by atoms with Gasteiger partial charge in [-0.05, 0) is 24.0 Å². The Kier molecular flexibility index (Phi) is 7.59. The van der Waals surface area contributed by atoms with Gasteiger partial charge < -0.3 is 24.6 Å². The molecule has 1 unspecified atom stereocenters. The van der Waals surface area contributed by atoms with Crippen LogP contribution in [0.15, 0.2) is 31.0 Å². The molecule has 1 aromatic carbocycles. The molecule has 2 aliphatic rings. The van der Waals surface area contributed by atoms with Crippen LogP contribution in [0.2, 0.25) is 10.0 Å². The van der Waals surface area contributed by atoms with Crippen molar-refractivity contribution in [1.82, 2.24) is 34.4 Å². The van der Waals surface area contributed by atoms with Crippen LogP contribution in [0.4, 0.5) is 5.95 Å². The molecule has 11 nitrogen and oxygen atoms in total. The first-order chi connectivity index (χ1) is 20.3. The first-order valence-electron chi connectivity index (χ1n) is 13.7. The van der Waals surface area contributed by atoms with Gasteiger partial charge in [-0.2, -0.15) is 9.50 Å². The number of nitrogens with one attached hydrogen (secondary N) is 1. The Labute approximate surface area is 253 Å². The Balaban J connectivity index is 1.40. The van der Waals surface area contributed by atoms with Crippen LogP contribution in [0.1, 0.15) is 18.7 Å². The number of pyridine rings is 1. The molecule has 1 N–H and O–H groups in total. The number of methoxy groups -OCH3 is 2. The number of carbonyl (C=O) groups excluding carboxylic acids is 1. The van der Waals surface area contributed by atoms with Crippen molar-refractivity contribution in [1.29, 1.82) is 0 Å². The average molecular weight is 612 g/mol. The van der Waals surface area contributed by atoms with Crippen molar-refractivity contribution in [2.75, 3.05) is 59.3 Å². The molecule has 0 bridgehead atoms. The third kappa shape index (κ3) is 4.79. The molecule has 0 saturated carbocycles. The maximum absolute atomic E-state index is 12.1. The van der Waals surface area contributed by atoms with E-state index in [0.29, 0.717) is 67.6 Å². The number of amides is 1. The van der Waals surface area contributed by atoms with E-state index in [1.807, 2.05) is 11.0 Å². The number of nitrogens with zero attached hydrogens (tertiary/aromatic N) is 7. The Bertz CT molecular complexity index is 1670. The first-order valence-corrected chi connectivity index (χ1v) is 14.5. The van der Waals surface area contributed by atoms with E-state index in [9.17, 15) is 4.79 Å². The monoisotopic (exact) mass is 610 g/mol. The highest BCUT2D eigenvalue weighted by Crippen LogP contribution is 2.47. The molecule has 0 radical (unpaired) electrons. The van der Waals surface area contributed by atoms with Crippen LogP contribution < -0.4 is 14.8 Å². The summed E-state index contributed by atoms with van der Waals surface area (Å²) >= 11 is 13.7. The number of benzene rings is 1. The predicted molar refractivity (Wildman–Crippen MR) is 163 cm³/mol. The van der Waals surface area contributed by atoms with Crippen LogP contribution in [0, 0.1) is 11.8 Å². The molecule has 1 amide bonds. The van der Waals surface area contributed by atoms with E-state index in [0.717, 1.165) is 38.1 Å². The summed E-state index contributed by atoms with van der Waals surface area (Å²) < 4.78 is 12.8. The van der Waals surface area contributed by atoms with Gasteiger partial charge in [0.1, 0.15) is 11.5 Å². The second-order valence-corrected chi connectivity index (χ2v) is 11.6. The second-order valence-electron chi connectivity index (χ2n) is 10.9. The fourth-order valence-corrected chi connectivity index (χ4v) is 6.88. The summed E-state index contributed by atoms with van der Waals surface area (Å²) in [6.07, 6.45) is 3.13. The lowest BCUT2D eigenvalue weighted by Gasteiger charge is -2.22. The highest BCUT2D eigenvalue weighted by Gasteiger charge is 2.41. The van der Waals surface area contributed by atoms with Crippen molar-refractivity contribution in [3.8, 4) is 22.6 Å². The van der Waals surface area contributed by atoms with E-state index in [1.54, 1.807) is 38.0 Å². The number of rotatable bonds is 8. The molecule has 0 spiro atoms. The van der Waals surface area contributed by atoms with Crippen molar-refractivity contribution in [2.24, 2.45) is 11.8 Å². The number of aromatic nitrogens is 5. The molecule has 42 heavy (non-hydrogen) atoms. The molecule has 2 saturated heterocycles. The van der Waals surface area contributed by atoms with Crippen LogP contribution in [0.3, 0.4) is 0 Å². The maximum Gasteiger partial charge on any atom is 0.245 e. The number of fused-ring (bicyclic) bond motifs is 4. The number of carbonyl (C=O) groups is 1. The predicted octanol–water partition coefficient (Wildman–Crippen LogP) is 4.38. The van der Waals surface area contributed by atoms with E-state index in [-0.39, 0.29) is 11.8 Å². The zero-order valence-electron chi connectivity index (χ0n) is 23.9. The van der Waals surface area contributed by atoms with Gasteiger partial charge in [0, 0.05) is 74.5 Å². The third-order valence-electron chi connectivity index (χ3n) is 8.25. The average Bonchev–Trinajstić information content (AvgIpc) is 3.71. The molecule has 6 rings (SSSR count). The Morgan fingerprint density at radius 2 is 1.76 bits per heavy atom. The molecule has 13 heteroatoms. The molecular formula is C29H32Cl2N8O3. The minimum atomic E-state index is 0.0142. The molecule has 0 aliphatic carbocycles. The van der Waals surface area contributed by atoms with Crippen LogP contribution in [-0.2, 0) is 4.79 Å². The van der Waals surface area contributed by atoms with Gasteiger partial charge in [-0.15, -0.1) is 5.10 Å². The van der Waals surface area contributed by atoms with Gasteiger partial charge in [-0.1, -0.05) is 36.7 Å². The Morgan fingerprint density at radius 3 is 2.36 bits per heavy atom. The standard InChI is InChI=1S/C29H32Cl2N8O3/c1-6-22(40)38-13-17-11-37(12-18(17)14-38)10-15(2)26-34-28-19(23-24(30)20(41-4)8-21(42-5)25(23)31)7-16-9-33-29(32-3)35-27(16)39(28)36-26/h6-9,15,17-18H,1,10-14H2,2-5H3,(H,32,33,35)/t15?,17-,18+. The molecule has 3 atom stereocenters. The summed E-state index contributed by atoms with van der Waals surface area (Å²) in [5.74, 6) is 2.96. The van der Waals surface area contributed by atoms with Crippen molar-refractivity contribution in [3.05, 3.63) is 46.9 Å². The minimum Gasteiger partial charge on any atom is -0.495 e. The third-order valence-corrected chi connectivity index (χ3v) is 9.00. The highest BCUT2D eigenvalue weighted by atomic mass is 35.5. The number of likely N-dealkylation sites (tertiary alicyclic amines) is 2. The van der Waals surface area contributed by atoms with Gasteiger partial charge in [-0.25, -0.2) is 9.97 Å². The lowest BCUT2D eigenvalue weighted by atomic mass is 10.0. The SMILES string of the molecule is C=CC(=O)N1C[C@H]2CN(CC(C)c3nc4c(-c5c(Cl)c(OC)cc(OC)c5Cl)cc5cnc(NC)nc5n4n3)C[C@H]2C1. The molecule has 3 aromatic heterocycles. The number of halogens is 2. The van der Waals surface area contributed by atoms with Crippen molar-refractivity contribution >= 4 is 51.7 Å². The van der Waals surface area contributed by atoms with Crippen LogP contribution in [0.5, 0.6) is 11.5 Å². The second kappa shape index (κ2) is 11.2. The first kappa shape index (κ1) is 28.4. The van der Waals surface area contributed by atoms with Gasteiger partial charge in [-0.3, -0.25) is 4.79 Å². The Morgan fingerprint density at radius 1 is 1.10 bits per heavy atom. The molecule has 220 valence electrons. The summed E-state index contributed by atoms with van der Waals surface area (Å²) in [5, 5.41) is 9.36. The van der Waals surface area contributed by atoms with E-state index < -0.39 is 0 Å². The summed E-state index contributed by atoms with van der Waals surface area (Å²) in [6.45, 7) is 9.97. The van der Waals surface area contributed by atoms with Crippen molar-refractivity contribution in [2.45, 2.75) is 12.8 Å². The van der Waals surface area contributed by atoms with Crippen LogP contribution in [-0.4, -0.2) is 94.3 Å². The van der Waals surface area contributed by atoms with Gasteiger partial charge in [0.05, 0.1) is 24.3 Å². The fraction of sp³-hybridized carbons (Fsp3) is 0.414. The lowest BCUT2D eigenvalue weighted by molar-refractivity contribution is -0.125. The van der Waals surface area contributed by atoms with Crippen molar-refractivity contribution in [3.63, 3.8) is 0 Å². The van der Waals surface area contributed by atoms with Gasteiger partial charge in [0.2, 0.25) is 11.9 Å². The smallest absolute Gasteiger partial charge is 0.245 e. The largest absolute Gasteiger partial charge is 0.495 e. The van der Waals surface area contributed by atoms with Gasteiger partial charge >= 0.3 is 0 Å². The molecule has 5 heterocycles. The highest BCUT2D eigenvalue weighted by molar-refractivity contribution is 6.41. The summed E-state index contributed by atoms with van der Waals surface area (Å²) in [4.78, 5) is 30.6. The number of anilines is 1. The zero-order valence-corrected chi connectivity index (χ0v) is 25.4. The summed E-state index contributed by atoms with van der Waals surface area (Å²) in [6, 6.07) is 3.57. The van der Waals surface area contributed by atoms with E-state index in [4.69, 9.17) is 42.8 Å². The topological polar surface area (TPSA) is 110 Å². The molecule has 2 aliphatic heterocycles. The van der Waals surface area contributed by atoms with E-state index in [1.165, 1.54) is 6.08 Å². The lowest BCUT2D eigenvalue weighted by Crippen LogP contribution is -2.33. The van der Waals surface area contributed by atoms with Gasteiger partial charge in [0.25, 0.3) is 0 Å². The summed E-state index contributed by atoms with van der Waals surface area (Å²) in [5.41, 5.74) is 2.34. The normalized spacial score (nSPS) is 19.3. The van der Waals surface area contributed by atoms with Gasteiger partial charge in [0.15, 0.2) is 17.1 Å².